The summed E-state index contributed by atoms with van der Waals surface area (Å²) in [6.45, 7) is 2.73. The van der Waals surface area contributed by atoms with Gasteiger partial charge >= 0.3 is 0 Å². The number of aromatic nitrogens is 2. The molecule has 1 fully saturated rings. The molecule has 2 aromatic rings. The molecule has 1 aliphatic rings. The molecular weight excluding hydrogens is 316 g/mol. The summed E-state index contributed by atoms with van der Waals surface area (Å²) in [5.41, 5.74) is 0.851. The van der Waals surface area contributed by atoms with Crippen LogP contribution in [-0.2, 0) is 17.7 Å². The zero-order chi connectivity index (χ0) is 16.9. The van der Waals surface area contributed by atoms with Gasteiger partial charge in [0.05, 0.1) is 19.5 Å². The third-order valence-electron chi connectivity index (χ3n) is 4.06. The second kappa shape index (κ2) is 7.63. The molecule has 1 aromatic heterocycles. The summed E-state index contributed by atoms with van der Waals surface area (Å²) in [7, 11) is 0. The first-order valence-corrected chi connectivity index (χ1v) is 7.88. The summed E-state index contributed by atoms with van der Waals surface area (Å²) in [5, 5.41) is 0. The Labute approximate surface area is 138 Å². The van der Waals surface area contributed by atoms with Crippen molar-refractivity contribution in [3.63, 3.8) is 0 Å². The number of aromatic amines is 1. The number of ether oxygens (including phenoxy) is 1. The van der Waals surface area contributed by atoms with Crippen molar-refractivity contribution in [2.45, 2.75) is 13.0 Å². The maximum absolute atomic E-state index is 13.8. The molecule has 0 unspecified atom stereocenters. The fraction of sp³-hybridized carbons (Fsp3) is 0.412. The lowest BCUT2D eigenvalue weighted by Crippen LogP contribution is -2.31. The van der Waals surface area contributed by atoms with Gasteiger partial charge in [0, 0.05) is 42.9 Å². The second-order valence-electron chi connectivity index (χ2n) is 6.02. The van der Waals surface area contributed by atoms with Crippen molar-refractivity contribution in [2.75, 3.05) is 26.3 Å². The maximum Gasteiger partial charge on any atom is 0.250 e. The molecule has 2 heterocycles. The topological polar surface area (TPSA) is 58.2 Å². The molecule has 3 rings (SSSR count). The van der Waals surface area contributed by atoms with E-state index in [4.69, 9.17) is 4.74 Å². The van der Waals surface area contributed by atoms with Gasteiger partial charge in [0.25, 0.3) is 5.56 Å². The van der Waals surface area contributed by atoms with Crippen LogP contribution in [0, 0.1) is 17.6 Å². The molecule has 0 aliphatic carbocycles. The van der Waals surface area contributed by atoms with E-state index < -0.39 is 11.6 Å². The number of halogens is 2. The van der Waals surface area contributed by atoms with Crippen LogP contribution < -0.4 is 5.56 Å². The van der Waals surface area contributed by atoms with Crippen molar-refractivity contribution in [2.24, 2.45) is 5.92 Å². The average molecular weight is 335 g/mol. The maximum atomic E-state index is 13.8. The third kappa shape index (κ3) is 4.46. The van der Waals surface area contributed by atoms with Gasteiger partial charge in [-0.2, -0.15) is 0 Å². The predicted octanol–water partition coefficient (Wildman–Crippen LogP) is 1.74. The molecular formula is C17H19F2N3O2. The summed E-state index contributed by atoms with van der Waals surface area (Å²) in [6.07, 6.45) is 1.99. The van der Waals surface area contributed by atoms with E-state index in [0.29, 0.717) is 50.5 Å². The van der Waals surface area contributed by atoms with Crippen molar-refractivity contribution in [3.05, 3.63) is 63.8 Å². The lowest BCUT2D eigenvalue weighted by atomic mass is 10.0. The Kier molecular flexibility index (Phi) is 5.32. The first kappa shape index (κ1) is 16.7. The summed E-state index contributed by atoms with van der Waals surface area (Å²) < 4.78 is 32.8. The molecule has 7 heteroatoms. The summed E-state index contributed by atoms with van der Waals surface area (Å²) in [4.78, 5) is 20.1. The molecule has 0 saturated carbocycles. The van der Waals surface area contributed by atoms with Gasteiger partial charge in [0.2, 0.25) is 0 Å². The van der Waals surface area contributed by atoms with Crippen LogP contribution in [0.2, 0.25) is 0 Å². The van der Waals surface area contributed by atoms with E-state index in [1.54, 1.807) is 0 Å². The van der Waals surface area contributed by atoms with Crippen LogP contribution in [0.3, 0.4) is 0 Å². The molecule has 128 valence electrons. The van der Waals surface area contributed by atoms with Crippen LogP contribution >= 0.6 is 0 Å². The predicted molar refractivity (Wildman–Crippen MR) is 84.5 cm³/mol. The summed E-state index contributed by atoms with van der Waals surface area (Å²) in [5.74, 6) is -0.713. The fourth-order valence-electron chi connectivity index (χ4n) is 2.94. The Morgan fingerprint density at radius 1 is 1.33 bits per heavy atom. The van der Waals surface area contributed by atoms with Crippen LogP contribution in [-0.4, -0.2) is 41.2 Å². The first-order valence-electron chi connectivity index (χ1n) is 7.88. The number of rotatable bonds is 4. The van der Waals surface area contributed by atoms with Crippen LogP contribution in [0.15, 0.2) is 35.4 Å². The number of benzene rings is 1. The normalized spacial score (nSPS) is 19.2. The highest BCUT2D eigenvalue weighted by molar-refractivity contribution is 5.18. The largest absolute Gasteiger partial charge is 0.380 e. The zero-order valence-corrected chi connectivity index (χ0v) is 13.2. The zero-order valence-electron chi connectivity index (χ0n) is 13.2. The summed E-state index contributed by atoms with van der Waals surface area (Å²) >= 11 is 0. The van der Waals surface area contributed by atoms with Gasteiger partial charge in [-0.3, -0.25) is 9.69 Å². The molecule has 5 nitrogen and oxygen atoms in total. The lowest BCUT2D eigenvalue weighted by molar-refractivity contribution is 0.121. The highest BCUT2D eigenvalue weighted by Gasteiger charge is 2.21. The quantitative estimate of drug-likeness (QED) is 0.925. The number of hydrogen-bond donors (Lipinski definition) is 1. The molecule has 0 bridgehead atoms. The minimum absolute atomic E-state index is 0.137. The van der Waals surface area contributed by atoms with Crippen LogP contribution in [0.1, 0.15) is 11.3 Å². The van der Waals surface area contributed by atoms with E-state index in [0.717, 1.165) is 12.1 Å². The van der Waals surface area contributed by atoms with Gasteiger partial charge in [0.1, 0.15) is 11.6 Å². The first-order chi connectivity index (χ1) is 11.6. The molecule has 0 spiro atoms. The van der Waals surface area contributed by atoms with E-state index in [1.807, 2.05) is 4.90 Å². The molecule has 1 atom stereocenters. The van der Waals surface area contributed by atoms with E-state index in [2.05, 4.69) is 9.97 Å². The van der Waals surface area contributed by atoms with Crippen molar-refractivity contribution in [1.82, 2.24) is 14.9 Å². The Bertz CT molecular complexity index is 751. The Balaban J connectivity index is 1.68. The number of H-pyrrole nitrogens is 1. The molecule has 1 aliphatic heterocycles. The Morgan fingerprint density at radius 2 is 2.21 bits per heavy atom. The lowest BCUT2D eigenvalue weighted by Gasteiger charge is -2.23. The third-order valence-corrected chi connectivity index (χ3v) is 4.06. The van der Waals surface area contributed by atoms with Gasteiger partial charge in [-0.05, 0) is 24.6 Å². The standard InChI is InChI=1S/C17H19F2N3O2/c18-14-1-2-16(19)13(6-14)9-22-3-4-24-10-12(8-22)5-15-7-17(23)21-11-20-15/h1-2,6-7,11-12H,3-5,8-10H2,(H,20,21,23)/t12-/m0/s1. The number of nitrogens with one attached hydrogen (secondary N) is 1. The number of nitrogens with zero attached hydrogens (tertiary/aromatic N) is 2. The van der Waals surface area contributed by atoms with E-state index in [1.165, 1.54) is 18.5 Å². The van der Waals surface area contributed by atoms with E-state index >= 15 is 0 Å². The highest BCUT2D eigenvalue weighted by Crippen LogP contribution is 2.17. The average Bonchev–Trinajstić information content (AvgIpc) is 2.76. The molecule has 0 radical (unpaired) electrons. The molecule has 0 amide bonds. The van der Waals surface area contributed by atoms with Crippen molar-refractivity contribution < 1.29 is 13.5 Å². The van der Waals surface area contributed by atoms with Gasteiger partial charge in [-0.15, -0.1) is 0 Å². The van der Waals surface area contributed by atoms with Crippen LogP contribution in [0.5, 0.6) is 0 Å². The van der Waals surface area contributed by atoms with Crippen molar-refractivity contribution >= 4 is 0 Å². The van der Waals surface area contributed by atoms with Crippen molar-refractivity contribution in [3.8, 4) is 0 Å². The Morgan fingerprint density at radius 3 is 3.04 bits per heavy atom. The molecule has 1 aromatic carbocycles. The van der Waals surface area contributed by atoms with Gasteiger partial charge < -0.3 is 9.72 Å². The number of hydrogen-bond acceptors (Lipinski definition) is 4. The van der Waals surface area contributed by atoms with Gasteiger partial charge in [0.15, 0.2) is 0 Å². The van der Waals surface area contributed by atoms with Crippen molar-refractivity contribution in [1.29, 1.82) is 0 Å². The fourth-order valence-corrected chi connectivity index (χ4v) is 2.94. The molecule has 24 heavy (non-hydrogen) atoms. The van der Waals surface area contributed by atoms with E-state index in [-0.39, 0.29) is 11.5 Å². The van der Waals surface area contributed by atoms with Gasteiger partial charge in [-0.1, -0.05) is 0 Å². The Hall–Kier alpha value is -2.12. The monoisotopic (exact) mass is 335 g/mol. The minimum Gasteiger partial charge on any atom is -0.380 e. The van der Waals surface area contributed by atoms with Crippen LogP contribution in [0.25, 0.3) is 0 Å². The second-order valence-corrected chi connectivity index (χ2v) is 6.02. The van der Waals surface area contributed by atoms with Crippen LogP contribution in [0.4, 0.5) is 8.78 Å². The molecule has 1 saturated heterocycles. The SMILES string of the molecule is O=c1cc(C[C@@H]2COCCN(Cc3cc(F)ccc3F)C2)nc[nH]1. The molecule has 1 N–H and O–H groups in total. The summed E-state index contributed by atoms with van der Waals surface area (Å²) in [6, 6.07) is 4.97. The highest BCUT2D eigenvalue weighted by atomic mass is 19.1. The van der Waals surface area contributed by atoms with Gasteiger partial charge in [-0.25, -0.2) is 13.8 Å². The van der Waals surface area contributed by atoms with E-state index in [9.17, 15) is 13.6 Å². The minimum atomic E-state index is -0.443. The smallest absolute Gasteiger partial charge is 0.250 e.